The molecule has 0 aliphatic heterocycles. The average molecular weight is 479 g/mol. The Labute approximate surface area is 202 Å². The van der Waals surface area contributed by atoms with Crippen molar-refractivity contribution in [1.29, 1.82) is 0 Å². The number of aliphatic carboxylic acids is 1. The molecule has 0 aromatic heterocycles. The molecule has 0 fully saturated rings. The van der Waals surface area contributed by atoms with Crippen LogP contribution in [0.2, 0.25) is 0 Å². The van der Waals surface area contributed by atoms with Crippen molar-refractivity contribution in [1.82, 2.24) is 10.6 Å². The topological polar surface area (TPSA) is 105 Å². The van der Waals surface area contributed by atoms with E-state index < -0.39 is 35.7 Å². The van der Waals surface area contributed by atoms with Gasteiger partial charge in [0.25, 0.3) is 0 Å². The molecule has 3 rings (SSSR count). The fourth-order valence-corrected chi connectivity index (χ4v) is 3.53. The van der Waals surface area contributed by atoms with Crippen LogP contribution in [0.5, 0.6) is 5.75 Å². The second kappa shape index (κ2) is 12.3. The van der Waals surface area contributed by atoms with Crippen molar-refractivity contribution in [3.63, 3.8) is 0 Å². The van der Waals surface area contributed by atoms with Crippen LogP contribution < -0.4 is 15.4 Å². The molecule has 0 bridgehead atoms. The van der Waals surface area contributed by atoms with Crippen LogP contribution in [0.25, 0.3) is 0 Å². The number of nitrogens with one attached hydrogen (secondary N) is 2. The minimum Gasteiger partial charge on any atom is -0.489 e. The summed E-state index contributed by atoms with van der Waals surface area (Å²) in [7, 11) is 0. The van der Waals surface area contributed by atoms with E-state index in [1.165, 1.54) is 25.1 Å². The van der Waals surface area contributed by atoms with E-state index in [4.69, 9.17) is 4.74 Å². The molecule has 0 aliphatic carbocycles. The summed E-state index contributed by atoms with van der Waals surface area (Å²) >= 11 is 0. The van der Waals surface area contributed by atoms with E-state index in [2.05, 4.69) is 10.6 Å². The zero-order valence-electron chi connectivity index (χ0n) is 19.2. The number of carbonyl (C=O) groups is 3. The smallest absolute Gasteiger partial charge is 0.326 e. The molecular weight excluding hydrogens is 451 g/mol. The monoisotopic (exact) mass is 478 g/mol. The summed E-state index contributed by atoms with van der Waals surface area (Å²) in [5.74, 6) is -2.17. The number of carboxylic acids is 1. The zero-order chi connectivity index (χ0) is 25.2. The van der Waals surface area contributed by atoms with Crippen molar-refractivity contribution < 1.29 is 28.6 Å². The molecule has 0 spiro atoms. The fraction of sp³-hybridized carbons (Fsp3) is 0.222. The molecule has 0 heterocycles. The summed E-state index contributed by atoms with van der Waals surface area (Å²) in [6.45, 7) is 1.66. The van der Waals surface area contributed by atoms with Gasteiger partial charge in [-0.15, -0.1) is 0 Å². The van der Waals surface area contributed by atoms with E-state index in [1.54, 1.807) is 30.3 Å². The quantitative estimate of drug-likeness (QED) is 0.392. The van der Waals surface area contributed by atoms with Gasteiger partial charge in [0, 0.05) is 19.8 Å². The number of hydrogen-bond acceptors (Lipinski definition) is 4. The highest BCUT2D eigenvalue weighted by atomic mass is 19.1. The van der Waals surface area contributed by atoms with Crippen LogP contribution in [0.1, 0.15) is 23.6 Å². The van der Waals surface area contributed by atoms with Crippen molar-refractivity contribution in [2.45, 2.75) is 38.5 Å². The van der Waals surface area contributed by atoms with Gasteiger partial charge in [0.1, 0.15) is 30.3 Å². The Hall–Kier alpha value is -4.20. The first-order valence-electron chi connectivity index (χ1n) is 11.1. The standard InChI is InChI=1S/C27H27FN2O5/c1-18(31)29-24(16-21-8-5-9-22(28)14-21)26(32)30-25(27(33)34)15-19-10-12-23(13-11-19)35-17-20-6-3-2-4-7-20/h2-14,24-25H,15-17H2,1H3,(H,29,31)(H,30,32)(H,33,34)/t24-,25-/m0/s1. The Bertz CT molecular complexity index is 1150. The Morgan fingerprint density at radius 1 is 0.829 bits per heavy atom. The largest absolute Gasteiger partial charge is 0.489 e. The van der Waals surface area contributed by atoms with Crippen molar-refractivity contribution >= 4 is 17.8 Å². The van der Waals surface area contributed by atoms with Gasteiger partial charge in [0.2, 0.25) is 11.8 Å². The molecule has 2 atom stereocenters. The molecule has 7 nitrogen and oxygen atoms in total. The van der Waals surface area contributed by atoms with Gasteiger partial charge < -0.3 is 20.5 Å². The Balaban J connectivity index is 1.62. The first-order valence-corrected chi connectivity index (χ1v) is 11.1. The van der Waals surface area contributed by atoms with E-state index in [0.29, 0.717) is 23.5 Å². The number of halogens is 1. The third kappa shape index (κ3) is 8.26. The Morgan fingerprint density at radius 3 is 2.11 bits per heavy atom. The van der Waals surface area contributed by atoms with Gasteiger partial charge >= 0.3 is 5.97 Å². The molecular formula is C27H27FN2O5. The van der Waals surface area contributed by atoms with Crippen LogP contribution in [0.4, 0.5) is 4.39 Å². The molecule has 0 radical (unpaired) electrons. The van der Waals surface area contributed by atoms with Gasteiger partial charge in [0.05, 0.1) is 0 Å². The lowest BCUT2D eigenvalue weighted by molar-refractivity contribution is -0.142. The normalized spacial score (nSPS) is 12.3. The summed E-state index contributed by atoms with van der Waals surface area (Å²) in [6.07, 6.45) is 0.0513. The van der Waals surface area contributed by atoms with Gasteiger partial charge in [0.15, 0.2) is 0 Å². The highest BCUT2D eigenvalue weighted by Crippen LogP contribution is 2.16. The maximum atomic E-state index is 13.5. The predicted octanol–water partition coefficient (Wildman–Crippen LogP) is 3.26. The molecule has 182 valence electrons. The van der Waals surface area contributed by atoms with Gasteiger partial charge in [-0.3, -0.25) is 9.59 Å². The first-order chi connectivity index (χ1) is 16.8. The molecule has 2 amide bonds. The van der Waals surface area contributed by atoms with E-state index in [-0.39, 0.29) is 12.8 Å². The second-order valence-corrected chi connectivity index (χ2v) is 8.11. The van der Waals surface area contributed by atoms with Gasteiger partial charge in [-0.1, -0.05) is 54.6 Å². The van der Waals surface area contributed by atoms with E-state index in [0.717, 1.165) is 5.56 Å². The highest BCUT2D eigenvalue weighted by molar-refractivity contribution is 5.90. The Kier molecular flexibility index (Phi) is 8.95. The lowest BCUT2D eigenvalue weighted by Gasteiger charge is -2.21. The Morgan fingerprint density at radius 2 is 1.49 bits per heavy atom. The third-order valence-electron chi connectivity index (χ3n) is 5.25. The van der Waals surface area contributed by atoms with Crippen LogP contribution in [0.15, 0.2) is 78.9 Å². The molecule has 35 heavy (non-hydrogen) atoms. The lowest BCUT2D eigenvalue weighted by Crippen LogP contribution is -2.52. The minimum absolute atomic E-state index is 0.0168. The number of benzene rings is 3. The SMILES string of the molecule is CC(=O)N[C@@H](Cc1cccc(F)c1)C(=O)N[C@@H](Cc1ccc(OCc2ccccc2)cc1)C(=O)O. The lowest BCUT2D eigenvalue weighted by atomic mass is 10.0. The molecule has 8 heteroatoms. The maximum absolute atomic E-state index is 13.5. The number of carboxylic acid groups (broad SMARTS) is 1. The predicted molar refractivity (Wildman–Crippen MR) is 128 cm³/mol. The van der Waals surface area contributed by atoms with Crippen LogP contribution in [-0.4, -0.2) is 35.0 Å². The third-order valence-corrected chi connectivity index (χ3v) is 5.25. The van der Waals surface area contributed by atoms with E-state index >= 15 is 0 Å². The molecule has 0 saturated heterocycles. The number of rotatable bonds is 11. The van der Waals surface area contributed by atoms with Crippen molar-refractivity contribution in [3.8, 4) is 5.75 Å². The highest BCUT2D eigenvalue weighted by Gasteiger charge is 2.26. The van der Waals surface area contributed by atoms with Gasteiger partial charge in [-0.2, -0.15) is 0 Å². The van der Waals surface area contributed by atoms with Crippen molar-refractivity contribution in [2.75, 3.05) is 0 Å². The zero-order valence-corrected chi connectivity index (χ0v) is 19.2. The average Bonchev–Trinajstić information content (AvgIpc) is 2.83. The molecule has 3 N–H and O–H groups in total. The van der Waals surface area contributed by atoms with Gasteiger partial charge in [-0.05, 0) is 41.0 Å². The van der Waals surface area contributed by atoms with Crippen molar-refractivity contribution in [2.24, 2.45) is 0 Å². The van der Waals surface area contributed by atoms with Crippen LogP contribution in [0.3, 0.4) is 0 Å². The van der Waals surface area contributed by atoms with Gasteiger partial charge in [-0.25, -0.2) is 9.18 Å². The van der Waals surface area contributed by atoms with E-state index in [1.807, 2.05) is 30.3 Å². The number of carbonyl (C=O) groups excluding carboxylic acids is 2. The summed E-state index contributed by atoms with van der Waals surface area (Å²) in [5.41, 5.74) is 2.21. The number of hydrogen-bond donors (Lipinski definition) is 3. The molecule has 0 unspecified atom stereocenters. The van der Waals surface area contributed by atoms with Crippen LogP contribution >= 0.6 is 0 Å². The summed E-state index contributed by atoms with van der Waals surface area (Å²) in [5, 5.41) is 14.7. The number of ether oxygens (including phenoxy) is 1. The first kappa shape index (κ1) is 25.4. The molecule has 0 aliphatic rings. The summed E-state index contributed by atoms with van der Waals surface area (Å²) < 4.78 is 19.3. The minimum atomic E-state index is -1.22. The molecule has 3 aromatic carbocycles. The van der Waals surface area contributed by atoms with Crippen LogP contribution in [0, 0.1) is 5.82 Å². The van der Waals surface area contributed by atoms with E-state index in [9.17, 15) is 23.9 Å². The molecule has 0 saturated carbocycles. The van der Waals surface area contributed by atoms with Crippen molar-refractivity contribution in [3.05, 3.63) is 101 Å². The summed E-state index contributed by atoms with van der Waals surface area (Å²) in [6, 6.07) is 20.0. The summed E-state index contributed by atoms with van der Waals surface area (Å²) in [4.78, 5) is 36.3. The molecule has 3 aromatic rings. The fourth-order valence-electron chi connectivity index (χ4n) is 3.53. The second-order valence-electron chi connectivity index (χ2n) is 8.11. The number of amides is 2. The maximum Gasteiger partial charge on any atom is 0.326 e. The van der Waals surface area contributed by atoms with Crippen LogP contribution in [-0.2, 0) is 33.8 Å².